The number of nitrogens with one attached hydrogen (secondary N) is 1. The molecule has 1 saturated heterocycles. The Bertz CT molecular complexity index is 1040. The number of hydrogen-bond acceptors (Lipinski definition) is 5. The van der Waals surface area contributed by atoms with Crippen molar-refractivity contribution in [1.82, 2.24) is 9.88 Å². The van der Waals surface area contributed by atoms with Gasteiger partial charge in [0.15, 0.2) is 0 Å². The molecule has 0 unspecified atom stereocenters. The van der Waals surface area contributed by atoms with E-state index in [1.54, 1.807) is 0 Å². The minimum atomic E-state index is -5.08. The first kappa shape index (κ1) is 28.6. The number of carbonyl (C=O) groups excluding carboxylic acids is 1. The summed E-state index contributed by atoms with van der Waals surface area (Å²) in [6.45, 7) is 2.72. The molecule has 14 heteroatoms. The number of piperidine rings is 1. The zero-order valence-corrected chi connectivity index (χ0v) is 18.4. The molecule has 1 spiro atoms. The predicted molar refractivity (Wildman–Crippen MR) is 113 cm³/mol. The number of nitrogens with zero attached hydrogens (tertiary/aromatic N) is 2. The highest BCUT2D eigenvalue weighted by Crippen LogP contribution is 2.44. The normalized spacial score (nSPS) is 16.6. The smallest absolute Gasteiger partial charge is 0.475 e. The van der Waals surface area contributed by atoms with E-state index in [4.69, 9.17) is 19.8 Å². The molecule has 196 valence electrons. The molecule has 2 aromatic rings. The van der Waals surface area contributed by atoms with Gasteiger partial charge in [-0.25, -0.2) is 9.59 Å². The standard InChI is InChI=1S/C18H19N3O.2C2HF3O2/c22-17-18(15-6-1-2-7-16(15)20-17)8-11-21(12-9-18)13-14-5-3-4-10-19-14;2*3-2(4,5)1(6)7/h1-7,10H,8-9,11-13H2,(H,20,22);2*(H,6,7). The van der Waals surface area contributed by atoms with Crippen molar-refractivity contribution >= 4 is 23.5 Å². The molecule has 0 saturated carbocycles. The summed E-state index contributed by atoms with van der Waals surface area (Å²) < 4.78 is 63.5. The van der Waals surface area contributed by atoms with Gasteiger partial charge >= 0.3 is 24.3 Å². The number of carbonyl (C=O) groups is 3. The van der Waals surface area contributed by atoms with Gasteiger partial charge in [-0.1, -0.05) is 24.3 Å². The van der Waals surface area contributed by atoms with E-state index in [0.717, 1.165) is 43.9 Å². The maximum Gasteiger partial charge on any atom is 0.490 e. The summed E-state index contributed by atoms with van der Waals surface area (Å²) in [7, 11) is 0. The van der Waals surface area contributed by atoms with Crippen LogP contribution in [-0.4, -0.2) is 63.4 Å². The largest absolute Gasteiger partial charge is 0.490 e. The Morgan fingerprint density at radius 1 is 0.917 bits per heavy atom. The minimum Gasteiger partial charge on any atom is -0.475 e. The third-order valence-corrected chi connectivity index (χ3v) is 5.43. The van der Waals surface area contributed by atoms with Crippen molar-refractivity contribution in [3.63, 3.8) is 0 Å². The molecule has 1 aromatic heterocycles. The Morgan fingerprint density at radius 2 is 1.42 bits per heavy atom. The fourth-order valence-corrected chi connectivity index (χ4v) is 3.68. The number of hydrogen-bond donors (Lipinski definition) is 3. The van der Waals surface area contributed by atoms with Crippen molar-refractivity contribution in [2.75, 3.05) is 18.4 Å². The van der Waals surface area contributed by atoms with E-state index in [2.05, 4.69) is 27.3 Å². The molecule has 0 atom stereocenters. The quantitative estimate of drug-likeness (QED) is 0.514. The summed E-state index contributed by atoms with van der Waals surface area (Å²) in [4.78, 5) is 37.1. The molecule has 36 heavy (non-hydrogen) atoms. The second-order valence-electron chi connectivity index (χ2n) is 7.78. The summed E-state index contributed by atoms with van der Waals surface area (Å²) in [5.41, 5.74) is 2.94. The lowest BCUT2D eigenvalue weighted by molar-refractivity contribution is -0.193. The van der Waals surface area contributed by atoms with E-state index < -0.39 is 24.3 Å². The number of likely N-dealkylation sites (tertiary alicyclic amines) is 1. The van der Waals surface area contributed by atoms with E-state index >= 15 is 0 Å². The molecule has 1 amide bonds. The summed E-state index contributed by atoms with van der Waals surface area (Å²) >= 11 is 0. The lowest BCUT2D eigenvalue weighted by Gasteiger charge is -2.37. The third-order valence-electron chi connectivity index (χ3n) is 5.43. The maximum absolute atomic E-state index is 12.5. The Hall–Kier alpha value is -3.68. The second kappa shape index (κ2) is 11.4. The third kappa shape index (κ3) is 7.41. The number of rotatable bonds is 2. The first-order valence-corrected chi connectivity index (χ1v) is 10.3. The van der Waals surface area contributed by atoms with Crippen molar-refractivity contribution in [2.45, 2.75) is 37.2 Å². The number of benzene rings is 1. The summed E-state index contributed by atoms with van der Waals surface area (Å²) in [6.07, 6.45) is -6.58. The number of para-hydroxylation sites is 1. The van der Waals surface area contributed by atoms with E-state index in [9.17, 15) is 31.1 Å². The molecule has 1 fully saturated rings. The summed E-state index contributed by atoms with van der Waals surface area (Å²) in [6, 6.07) is 14.1. The van der Waals surface area contributed by atoms with Gasteiger partial charge in [-0.05, 0) is 49.7 Å². The van der Waals surface area contributed by atoms with E-state index in [1.165, 1.54) is 5.56 Å². The van der Waals surface area contributed by atoms with Gasteiger partial charge in [-0.2, -0.15) is 26.3 Å². The second-order valence-corrected chi connectivity index (χ2v) is 7.78. The van der Waals surface area contributed by atoms with E-state index in [0.29, 0.717) is 0 Å². The van der Waals surface area contributed by atoms with Gasteiger partial charge in [0, 0.05) is 18.4 Å². The molecule has 2 aliphatic rings. The first-order chi connectivity index (χ1) is 16.7. The molecule has 1 aromatic carbocycles. The average Bonchev–Trinajstić information content (AvgIpc) is 3.07. The van der Waals surface area contributed by atoms with Gasteiger partial charge in [0.05, 0.1) is 11.1 Å². The summed E-state index contributed by atoms with van der Waals surface area (Å²) in [5, 5.41) is 17.3. The fraction of sp³-hybridized carbons (Fsp3) is 0.364. The number of pyridine rings is 1. The van der Waals surface area contributed by atoms with Crippen LogP contribution < -0.4 is 5.32 Å². The van der Waals surface area contributed by atoms with Crippen LogP contribution in [0.1, 0.15) is 24.1 Å². The van der Waals surface area contributed by atoms with Crippen LogP contribution in [0.3, 0.4) is 0 Å². The van der Waals surface area contributed by atoms with Crippen LogP contribution in [0.2, 0.25) is 0 Å². The van der Waals surface area contributed by atoms with Crippen molar-refractivity contribution in [3.8, 4) is 0 Å². The van der Waals surface area contributed by atoms with Crippen LogP contribution in [-0.2, 0) is 26.3 Å². The number of carboxylic acid groups (broad SMARTS) is 2. The highest BCUT2D eigenvalue weighted by Gasteiger charge is 2.48. The molecule has 3 heterocycles. The van der Waals surface area contributed by atoms with Crippen molar-refractivity contribution < 1.29 is 50.9 Å². The number of aromatic nitrogens is 1. The van der Waals surface area contributed by atoms with Gasteiger partial charge in [-0.15, -0.1) is 0 Å². The van der Waals surface area contributed by atoms with Crippen LogP contribution in [0, 0.1) is 0 Å². The highest BCUT2D eigenvalue weighted by molar-refractivity contribution is 6.06. The SMILES string of the molecule is O=C(O)C(F)(F)F.O=C(O)C(F)(F)F.O=C1Nc2ccccc2C12CCN(Cc1ccccn1)CC2. The Labute approximate surface area is 200 Å². The number of amides is 1. The van der Waals surface area contributed by atoms with Gasteiger partial charge < -0.3 is 15.5 Å². The molecule has 2 aliphatic heterocycles. The average molecular weight is 521 g/mol. The topological polar surface area (TPSA) is 120 Å². The minimum absolute atomic E-state index is 0.172. The number of carboxylic acids is 2. The molecule has 0 radical (unpaired) electrons. The monoisotopic (exact) mass is 521 g/mol. The molecule has 0 bridgehead atoms. The molecule has 4 rings (SSSR count). The molecule has 8 nitrogen and oxygen atoms in total. The number of fused-ring (bicyclic) bond motifs is 2. The molecular formula is C22H21F6N3O5. The van der Waals surface area contributed by atoms with Gasteiger partial charge in [0.25, 0.3) is 0 Å². The number of aliphatic carboxylic acids is 2. The van der Waals surface area contributed by atoms with Crippen molar-refractivity contribution in [2.24, 2.45) is 0 Å². The molecule has 3 N–H and O–H groups in total. The van der Waals surface area contributed by atoms with E-state index in [1.807, 2.05) is 36.5 Å². The Kier molecular flexibility index (Phi) is 9.02. The Balaban J connectivity index is 0.000000271. The van der Waals surface area contributed by atoms with Crippen molar-refractivity contribution in [3.05, 3.63) is 59.9 Å². The first-order valence-electron chi connectivity index (χ1n) is 10.3. The lowest BCUT2D eigenvalue weighted by atomic mass is 9.73. The van der Waals surface area contributed by atoms with Crippen LogP contribution in [0.15, 0.2) is 48.7 Å². The zero-order valence-electron chi connectivity index (χ0n) is 18.4. The van der Waals surface area contributed by atoms with Crippen molar-refractivity contribution in [1.29, 1.82) is 0 Å². The summed E-state index contributed by atoms with van der Waals surface area (Å²) in [5.74, 6) is -5.34. The Morgan fingerprint density at radius 3 is 1.89 bits per heavy atom. The van der Waals surface area contributed by atoms with Crippen LogP contribution in [0.4, 0.5) is 32.0 Å². The predicted octanol–water partition coefficient (Wildman–Crippen LogP) is 3.83. The zero-order chi connectivity index (χ0) is 27.1. The number of alkyl halides is 6. The lowest BCUT2D eigenvalue weighted by Crippen LogP contribution is -2.46. The van der Waals surface area contributed by atoms with Crippen LogP contribution in [0.5, 0.6) is 0 Å². The van der Waals surface area contributed by atoms with Gasteiger partial charge in [0.2, 0.25) is 5.91 Å². The van der Waals surface area contributed by atoms with Gasteiger partial charge in [0.1, 0.15) is 0 Å². The van der Waals surface area contributed by atoms with Crippen LogP contribution >= 0.6 is 0 Å². The molecular weight excluding hydrogens is 500 g/mol. The number of anilines is 1. The van der Waals surface area contributed by atoms with E-state index in [-0.39, 0.29) is 11.3 Å². The highest BCUT2D eigenvalue weighted by atomic mass is 19.4. The van der Waals surface area contributed by atoms with Crippen LogP contribution in [0.25, 0.3) is 0 Å². The number of halogens is 6. The van der Waals surface area contributed by atoms with Gasteiger partial charge in [-0.3, -0.25) is 14.7 Å². The maximum atomic E-state index is 12.5. The fourth-order valence-electron chi connectivity index (χ4n) is 3.68. The molecule has 0 aliphatic carbocycles.